The van der Waals surface area contributed by atoms with Crippen molar-refractivity contribution >= 4 is 11.7 Å². The first-order valence-corrected chi connectivity index (χ1v) is 7.71. The molecule has 126 valence electrons. The van der Waals surface area contributed by atoms with Gasteiger partial charge >= 0.3 is 0 Å². The van der Waals surface area contributed by atoms with Gasteiger partial charge in [0.1, 0.15) is 5.82 Å². The lowest BCUT2D eigenvalue weighted by Crippen LogP contribution is -2.37. The molecule has 0 radical (unpaired) electrons. The van der Waals surface area contributed by atoms with Gasteiger partial charge in [-0.2, -0.15) is 0 Å². The van der Waals surface area contributed by atoms with Gasteiger partial charge in [0.15, 0.2) is 11.5 Å². The first-order valence-electron chi connectivity index (χ1n) is 7.71. The number of nitrogens with two attached hydrogens (primary N) is 1. The highest BCUT2D eigenvalue weighted by Gasteiger charge is 2.38. The van der Waals surface area contributed by atoms with E-state index in [0.29, 0.717) is 18.8 Å². The fraction of sp³-hybridized carbons (Fsp3) is 0.400. The normalized spacial score (nSPS) is 20.9. The van der Waals surface area contributed by atoms with Crippen molar-refractivity contribution in [3.8, 4) is 0 Å². The Balaban J connectivity index is 1.48. The fourth-order valence-electron chi connectivity index (χ4n) is 2.77. The van der Waals surface area contributed by atoms with E-state index in [4.69, 9.17) is 10.4 Å². The molecule has 1 heterocycles. The molecule has 1 aromatic heterocycles. The molecule has 0 saturated heterocycles. The number of oxime groups is 1. The average Bonchev–Trinajstić information content (AvgIpc) is 3.11. The van der Waals surface area contributed by atoms with Gasteiger partial charge in [0.2, 0.25) is 5.82 Å². The second kappa shape index (κ2) is 5.45. The van der Waals surface area contributed by atoms with Crippen molar-refractivity contribution in [2.45, 2.75) is 30.8 Å². The molecule has 9 heteroatoms. The van der Waals surface area contributed by atoms with Crippen LogP contribution in [0.2, 0.25) is 0 Å². The van der Waals surface area contributed by atoms with E-state index in [2.05, 4.69) is 26.1 Å². The molecule has 0 bridgehead atoms. The number of aromatic nitrogens is 2. The first kappa shape index (κ1) is 14.9. The van der Waals surface area contributed by atoms with Crippen LogP contribution in [0.5, 0.6) is 0 Å². The summed E-state index contributed by atoms with van der Waals surface area (Å²) in [5.74, 6) is 0.164. The maximum atomic E-state index is 13.4. The molecule has 8 nitrogen and oxygen atoms in total. The summed E-state index contributed by atoms with van der Waals surface area (Å²) in [6, 6.07) is 4.49. The lowest BCUT2D eigenvalue weighted by Gasteiger charge is -2.31. The molecule has 1 saturated carbocycles. The van der Waals surface area contributed by atoms with E-state index in [-0.39, 0.29) is 28.9 Å². The third kappa shape index (κ3) is 2.67. The zero-order valence-electron chi connectivity index (χ0n) is 12.8. The number of fused-ring (bicyclic) bond motifs is 1. The number of rotatable bonds is 5. The van der Waals surface area contributed by atoms with Gasteiger partial charge in [-0.25, -0.2) is 9.02 Å². The summed E-state index contributed by atoms with van der Waals surface area (Å²) in [4.78, 5) is 0. The molecule has 2 aromatic rings. The van der Waals surface area contributed by atoms with Crippen LogP contribution in [0, 0.1) is 5.82 Å². The van der Waals surface area contributed by atoms with Crippen LogP contribution in [-0.4, -0.2) is 33.4 Å². The maximum Gasteiger partial charge on any atom is 0.202 e. The Hall–Kier alpha value is -2.68. The van der Waals surface area contributed by atoms with Crippen molar-refractivity contribution in [3.63, 3.8) is 0 Å². The molecule has 1 aromatic carbocycles. The topological polar surface area (TPSA) is 122 Å². The van der Waals surface area contributed by atoms with Gasteiger partial charge in [0.25, 0.3) is 0 Å². The summed E-state index contributed by atoms with van der Waals surface area (Å²) in [5.41, 5.74) is 7.96. The van der Waals surface area contributed by atoms with Gasteiger partial charge < -0.3 is 21.6 Å². The largest absolute Gasteiger partial charge is 0.409 e. The molecule has 1 unspecified atom stereocenters. The van der Waals surface area contributed by atoms with Crippen LogP contribution in [0.15, 0.2) is 28.0 Å². The monoisotopic (exact) mass is 332 g/mol. The summed E-state index contributed by atoms with van der Waals surface area (Å²) < 4.78 is 18.1. The molecule has 4 rings (SSSR count). The lowest BCUT2D eigenvalue weighted by molar-refractivity contribution is 0.303. The quantitative estimate of drug-likeness (QED) is 0.280. The first-order chi connectivity index (χ1) is 11.6. The van der Waals surface area contributed by atoms with Crippen molar-refractivity contribution in [3.05, 3.63) is 40.8 Å². The molecule has 24 heavy (non-hydrogen) atoms. The molecule has 5 N–H and O–H groups in total. The van der Waals surface area contributed by atoms with Crippen molar-refractivity contribution in [2.75, 3.05) is 11.9 Å². The minimum atomic E-state index is -0.300. The second-order valence-electron chi connectivity index (χ2n) is 6.37. The van der Waals surface area contributed by atoms with Crippen LogP contribution in [0.4, 0.5) is 10.2 Å². The molecule has 1 atom stereocenters. The zero-order chi connectivity index (χ0) is 16.7. The summed E-state index contributed by atoms with van der Waals surface area (Å²) in [6.07, 6.45) is 2.60. The van der Waals surface area contributed by atoms with Crippen LogP contribution in [0.25, 0.3) is 0 Å². The minimum Gasteiger partial charge on any atom is -0.409 e. The molecule has 0 spiro atoms. The van der Waals surface area contributed by atoms with Gasteiger partial charge in [-0.05, 0) is 52.8 Å². The van der Waals surface area contributed by atoms with Gasteiger partial charge in [0.05, 0.1) is 6.04 Å². The SMILES string of the molecule is NC1(CNc2nonc2/C(=N/O)NC2Cc3ccc(F)cc32)CC1. The van der Waals surface area contributed by atoms with Gasteiger partial charge in [-0.1, -0.05) is 11.2 Å². The van der Waals surface area contributed by atoms with E-state index in [1.54, 1.807) is 6.07 Å². The van der Waals surface area contributed by atoms with Gasteiger partial charge in [0, 0.05) is 12.1 Å². The van der Waals surface area contributed by atoms with Crippen molar-refractivity contribution in [2.24, 2.45) is 10.9 Å². The number of nitrogens with zero attached hydrogens (tertiary/aromatic N) is 3. The van der Waals surface area contributed by atoms with Crippen LogP contribution in [0.3, 0.4) is 0 Å². The standard InChI is InChI=1S/C15H17FN6O2/c16-9-2-1-8-5-11(10(8)6-9)19-14(20-23)12-13(22-24-21-12)18-7-15(17)3-4-15/h1-2,6,11,23H,3-5,7,17H2,(H,18,22)(H,19,20). The molecule has 2 aliphatic carbocycles. The number of nitrogens with one attached hydrogen (secondary N) is 2. The van der Waals surface area contributed by atoms with E-state index in [1.807, 2.05) is 0 Å². The smallest absolute Gasteiger partial charge is 0.202 e. The lowest BCUT2D eigenvalue weighted by atomic mass is 9.83. The van der Waals surface area contributed by atoms with Crippen LogP contribution < -0.4 is 16.4 Å². The Kier molecular flexibility index (Phi) is 3.38. The Morgan fingerprint density at radius 1 is 1.46 bits per heavy atom. The maximum absolute atomic E-state index is 13.4. The number of halogens is 1. The third-order valence-corrected chi connectivity index (χ3v) is 4.53. The number of anilines is 1. The highest BCUT2D eigenvalue weighted by molar-refractivity contribution is 6.00. The molecule has 0 amide bonds. The molecule has 0 aliphatic heterocycles. The number of hydrogen-bond acceptors (Lipinski definition) is 7. The van der Waals surface area contributed by atoms with Crippen molar-refractivity contribution in [1.29, 1.82) is 0 Å². The predicted molar refractivity (Wildman–Crippen MR) is 83.2 cm³/mol. The van der Waals surface area contributed by atoms with E-state index < -0.39 is 0 Å². The van der Waals surface area contributed by atoms with Crippen LogP contribution in [0.1, 0.15) is 35.7 Å². The molecule has 1 fully saturated rings. The predicted octanol–water partition coefficient (Wildman–Crippen LogP) is 1.13. The molecule has 2 aliphatic rings. The number of amidine groups is 1. The van der Waals surface area contributed by atoms with E-state index in [1.165, 1.54) is 12.1 Å². The highest BCUT2D eigenvalue weighted by atomic mass is 19.1. The summed E-state index contributed by atoms with van der Waals surface area (Å²) in [7, 11) is 0. The fourth-order valence-corrected chi connectivity index (χ4v) is 2.77. The average molecular weight is 332 g/mol. The number of benzene rings is 1. The van der Waals surface area contributed by atoms with E-state index >= 15 is 0 Å². The van der Waals surface area contributed by atoms with Crippen molar-refractivity contribution in [1.82, 2.24) is 15.6 Å². The van der Waals surface area contributed by atoms with Crippen LogP contribution in [-0.2, 0) is 6.42 Å². The summed E-state index contributed by atoms with van der Waals surface area (Å²) in [6.45, 7) is 0.532. The Bertz CT molecular complexity index is 801. The van der Waals surface area contributed by atoms with Crippen LogP contribution >= 0.6 is 0 Å². The van der Waals surface area contributed by atoms with Gasteiger partial charge in [-0.15, -0.1) is 0 Å². The Morgan fingerprint density at radius 3 is 3.04 bits per heavy atom. The van der Waals surface area contributed by atoms with E-state index in [0.717, 1.165) is 24.0 Å². The zero-order valence-corrected chi connectivity index (χ0v) is 12.8. The number of hydrogen-bond donors (Lipinski definition) is 4. The molecular formula is C15H17FN6O2. The third-order valence-electron chi connectivity index (χ3n) is 4.53. The summed E-state index contributed by atoms with van der Waals surface area (Å²) >= 11 is 0. The van der Waals surface area contributed by atoms with Crippen molar-refractivity contribution < 1.29 is 14.2 Å². The summed E-state index contributed by atoms with van der Waals surface area (Å²) in [5, 5.41) is 26.2. The van der Waals surface area contributed by atoms with Gasteiger partial charge in [-0.3, -0.25) is 0 Å². The minimum absolute atomic E-state index is 0.112. The molecular weight excluding hydrogens is 315 g/mol. The second-order valence-corrected chi connectivity index (χ2v) is 6.37. The Morgan fingerprint density at radius 2 is 2.29 bits per heavy atom. The van der Waals surface area contributed by atoms with E-state index in [9.17, 15) is 9.60 Å². The Labute approximate surface area is 136 Å². The highest BCUT2D eigenvalue weighted by Crippen LogP contribution is 2.34.